The van der Waals surface area contributed by atoms with Gasteiger partial charge in [-0.05, 0) is 25.3 Å². The maximum absolute atomic E-state index is 9.18. The van der Waals surface area contributed by atoms with E-state index in [9.17, 15) is 5.11 Å². The Balaban J connectivity index is 1.44. The van der Waals surface area contributed by atoms with Crippen molar-refractivity contribution in [2.75, 3.05) is 26.2 Å². The Kier molecular flexibility index (Phi) is 4.84. The number of likely N-dealkylation sites (tertiary alicyclic amines) is 2. The fraction of sp³-hybridized carbons (Fsp3) is 0.455. The molecule has 2 aromatic heterocycles. The van der Waals surface area contributed by atoms with E-state index in [2.05, 4.69) is 49.6 Å². The van der Waals surface area contributed by atoms with Crippen molar-refractivity contribution in [3.8, 4) is 11.3 Å². The van der Waals surface area contributed by atoms with Crippen molar-refractivity contribution >= 4 is 5.78 Å². The predicted molar refractivity (Wildman–Crippen MR) is 109 cm³/mol. The molecule has 5 rings (SSSR count). The Labute approximate surface area is 165 Å². The topological polar surface area (TPSA) is 56.9 Å². The third-order valence-electron chi connectivity index (χ3n) is 6.31. The van der Waals surface area contributed by atoms with Gasteiger partial charge in [-0.25, -0.2) is 9.97 Å². The number of rotatable bonds is 6. The van der Waals surface area contributed by atoms with Crippen LogP contribution in [0.15, 0.2) is 48.8 Å². The van der Waals surface area contributed by atoms with Crippen LogP contribution in [0.4, 0.5) is 0 Å². The van der Waals surface area contributed by atoms with Gasteiger partial charge in [0.25, 0.3) is 0 Å². The lowest BCUT2D eigenvalue weighted by molar-refractivity contribution is 0.197. The van der Waals surface area contributed by atoms with Crippen LogP contribution >= 0.6 is 0 Å². The molecule has 2 fully saturated rings. The molecule has 3 aromatic rings. The second-order valence-electron chi connectivity index (χ2n) is 7.86. The molecule has 1 N–H and O–H groups in total. The molecule has 2 aliphatic rings. The lowest BCUT2D eigenvalue weighted by Crippen LogP contribution is -2.37. The van der Waals surface area contributed by atoms with Crippen molar-refractivity contribution in [3.05, 3.63) is 54.5 Å². The highest BCUT2D eigenvalue weighted by Crippen LogP contribution is 2.34. The second kappa shape index (κ2) is 7.62. The maximum Gasteiger partial charge on any atom is 0.234 e. The van der Waals surface area contributed by atoms with E-state index in [0.717, 1.165) is 49.6 Å². The van der Waals surface area contributed by atoms with Crippen LogP contribution in [0.25, 0.3) is 17.0 Å². The molecule has 28 heavy (non-hydrogen) atoms. The first-order valence-corrected chi connectivity index (χ1v) is 10.3. The van der Waals surface area contributed by atoms with Gasteiger partial charge in [0.2, 0.25) is 5.78 Å². The average Bonchev–Trinajstić information content (AvgIpc) is 3.42. The molecule has 2 saturated heterocycles. The van der Waals surface area contributed by atoms with Crippen LogP contribution in [0.2, 0.25) is 0 Å². The third kappa shape index (κ3) is 3.11. The van der Waals surface area contributed by atoms with E-state index in [1.807, 2.05) is 18.3 Å². The fourth-order valence-electron chi connectivity index (χ4n) is 5.02. The molecule has 0 unspecified atom stereocenters. The van der Waals surface area contributed by atoms with Crippen LogP contribution < -0.4 is 0 Å². The minimum absolute atomic E-state index is 0.285. The summed E-state index contributed by atoms with van der Waals surface area (Å²) in [6.07, 6.45) is 7.19. The molecule has 6 nitrogen and oxygen atoms in total. The number of aliphatic hydroxyl groups excluding tert-OH is 1. The van der Waals surface area contributed by atoms with Crippen LogP contribution in [0, 0.1) is 0 Å². The quantitative estimate of drug-likeness (QED) is 0.715. The third-order valence-corrected chi connectivity index (χ3v) is 6.31. The predicted octanol–water partition coefficient (Wildman–Crippen LogP) is 2.43. The summed E-state index contributed by atoms with van der Waals surface area (Å²) < 4.78 is 2.15. The van der Waals surface area contributed by atoms with Gasteiger partial charge in [0, 0.05) is 62.8 Å². The summed E-state index contributed by atoms with van der Waals surface area (Å²) >= 11 is 0. The summed E-state index contributed by atoms with van der Waals surface area (Å²) in [7, 11) is 0. The van der Waals surface area contributed by atoms with Gasteiger partial charge in [0.15, 0.2) is 0 Å². The largest absolute Gasteiger partial charge is 0.396 e. The van der Waals surface area contributed by atoms with Crippen LogP contribution in [0.3, 0.4) is 0 Å². The van der Waals surface area contributed by atoms with Gasteiger partial charge in [-0.15, -0.1) is 0 Å². The highest BCUT2D eigenvalue weighted by Gasteiger charge is 2.42. The van der Waals surface area contributed by atoms with Gasteiger partial charge in [-0.3, -0.25) is 14.2 Å². The Morgan fingerprint density at radius 2 is 1.79 bits per heavy atom. The molecule has 0 aliphatic carbocycles. The zero-order chi connectivity index (χ0) is 18.9. The zero-order valence-corrected chi connectivity index (χ0v) is 16.1. The Morgan fingerprint density at radius 1 is 1.00 bits per heavy atom. The van der Waals surface area contributed by atoms with E-state index < -0.39 is 0 Å². The van der Waals surface area contributed by atoms with Crippen LogP contribution in [-0.4, -0.2) is 67.6 Å². The van der Waals surface area contributed by atoms with E-state index in [-0.39, 0.29) is 6.61 Å². The molecule has 0 bridgehead atoms. The van der Waals surface area contributed by atoms with E-state index in [1.165, 1.54) is 18.5 Å². The maximum atomic E-state index is 9.18. The highest BCUT2D eigenvalue weighted by atomic mass is 16.3. The van der Waals surface area contributed by atoms with Gasteiger partial charge < -0.3 is 5.11 Å². The van der Waals surface area contributed by atoms with Crippen LogP contribution in [0.5, 0.6) is 0 Å². The van der Waals surface area contributed by atoms with Crippen LogP contribution in [-0.2, 0) is 6.54 Å². The van der Waals surface area contributed by atoms with Gasteiger partial charge in [-0.1, -0.05) is 30.3 Å². The molecule has 4 heterocycles. The van der Waals surface area contributed by atoms with Crippen molar-refractivity contribution in [2.24, 2.45) is 0 Å². The van der Waals surface area contributed by atoms with Crippen molar-refractivity contribution < 1.29 is 5.11 Å². The fourth-order valence-corrected chi connectivity index (χ4v) is 5.02. The number of hydrogen-bond acceptors (Lipinski definition) is 5. The first-order valence-electron chi connectivity index (χ1n) is 10.3. The average molecular weight is 377 g/mol. The Bertz CT molecular complexity index is 941. The number of aliphatic hydroxyl groups is 1. The standard InChI is InChI=1S/C22H27N5O/c28-15-5-11-25-13-8-19-18(25)9-14-26(19)16-20-21(17-6-2-1-3-7-17)24-22-23-10-4-12-27(20)22/h1-4,6-7,10,12,18-19,28H,5,8-9,11,13-16H2/t18-,19-/m0/s1. The Morgan fingerprint density at radius 3 is 2.61 bits per heavy atom. The molecule has 0 amide bonds. The molecule has 146 valence electrons. The second-order valence-corrected chi connectivity index (χ2v) is 7.86. The van der Waals surface area contributed by atoms with Gasteiger partial charge in [-0.2, -0.15) is 0 Å². The summed E-state index contributed by atoms with van der Waals surface area (Å²) in [5.74, 6) is 0.767. The summed E-state index contributed by atoms with van der Waals surface area (Å²) in [4.78, 5) is 14.5. The highest BCUT2D eigenvalue weighted by molar-refractivity contribution is 5.65. The summed E-state index contributed by atoms with van der Waals surface area (Å²) in [5.41, 5.74) is 3.41. The molecule has 2 atom stereocenters. The minimum atomic E-state index is 0.285. The van der Waals surface area contributed by atoms with Gasteiger partial charge >= 0.3 is 0 Å². The molecule has 0 radical (unpaired) electrons. The van der Waals surface area contributed by atoms with Crippen molar-refractivity contribution in [3.63, 3.8) is 0 Å². The smallest absolute Gasteiger partial charge is 0.234 e. The van der Waals surface area contributed by atoms with Crippen LogP contribution in [0.1, 0.15) is 25.0 Å². The minimum Gasteiger partial charge on any atom is -0.396 e. The van der Waals surface area contributed by atoms with Crippen molar-refractivity contribution in [1.82, 2.24) is 24.2 Å². The lowest BCUT2D eigenvalue weighted by atomic mass is 10.1. The molecule has 0 saturated carbocycles. The van der Waals surface area contributed by atoms with Crippen molar-refractivity contribution in [2.45, 2.75) is 37.9 Å². The monoisotopic (exact) mass is 377 g/mol. The summed E-state index contributed by atoms with van der Waals surface area (Å²) in [6, 6.07) is 13.6. The number of nitrogens with zero attached hydrogens (tertiary/aromatic N) is 5. The zero-order valence-electron chi connectivity index (χ0n) is 16.1. The van der Waals surface area contributed by atoms with E-state index >= 15 is 0 Å². The summed E-state index contributed by atoms with van der Waals surface area (Å²) in [5, 5.41) is 9.18. The molecular weight excluding hydrogens is 350 g/mol. The molecule has 2 aliphatic heterocycles. The van der Waals surface area contributed by atoms with E-state index in [4.69, 9.17) is 4.98 Å². The number of hydrogen-bond donors (Lipinski definition) is 1. The number of imidazole rings is 1. The first kappa shape index (κ1) is 17.8. The van der Waals surface area contributed by atoms with E-state index in [1.54, 1.807) is 0 Å². The van der Waals surface area contributed by atoms with Gasteiger partial charge in [0.05, 0.1) is 11.4 Å². The molecule has 6 heteroatoms. The van der Waals surface area contributed by atoms with Crippen molar-refractivity contribution in [1.29, 1.82) is 0 Å². The normalized spacial score (nSPS) is 22.9. The lowest BCUT2D eigenvalue weighted by Gasteiger charge is -2.25. The van der Waals surface area contributed by atoms with Gasteiger partial charge in [0.1, 0.15) is 0 Å². The summed E-state index contributed by atoms with van der Waals surface area (Å²) in [6.45, 7) is 4.46. The molecular formula is C22H27N5O. The van der Waals surface area contributed by atoms with E-state index in [0.29, 0.717) is 12.1 Å². The number of benzene rings is 1. The number of aromatic nitrogens is 3. The molecule has 0 spiro atoms. The number of fused-ring (bicyclic) bond motifs is 2. The molecule has 1 aromatic carbocycles. The SMILES string of the molecule is OCCCN1CC[C@H]2[C@@H]1CCN2Cc1c(-c2ccccc2)nc2ncccn12. The Hall–Kier alpha value is -2.28. The first-order chi connectivity index (χ1) is 13.8.